The number of nitrogens with zero attached hydrogens (tertiary/aromatic N) is 2. The van der Waals surface area contributed by atoms with Crippen molar-refractivity contribution >= 4 is 22.4 Å². The lowest BCUT2D eigenvalue weighted by molar-refractivity contribution is 0.0936. The van der Waals surface area contributed by atoms with Gasteiger partial charge in [0.05, 0.1) is 18.2 Å². The molecule has 0 aromatic heterocycles. The molecule has 1 amide bonds. The SMILES string of the molecule is CCOc1ccc2ccccc2c1C(=O)NCC(c1ccc(N(C)C)cc1)N1CCCC1. The molecule has 3 aromatic rings. The van der Waals surface area contributed by atoms with Gasteiger partial charge in [-0.1, -0.05) is 42.5 Å². The van der Waals surface area contributed by atoms with Gasteiger partial charge < -0.3 is 15.0 Å². The van der Waals surface area contributed by atoms with Gasteiger partial charge in [0.1, 0.15) is 5.75 Å². The van der Waals surface area contributed by atoms with Crippen molar-refractivity contribution in [1.82, 2.24) is 10.2 Å². The van der Waals surface area contributed by atoms with Crippen LogP contribution in [-0.4, -0.2) is 51.1 Å². The summed E-state index contributed by atoms with van der Waals surface area (Å²) in [6.07, 6.45) is 2.41. The van der Waals surface area contributed by atoms with Gasteiger partial charge in [-0.05, 0) is 67.4 Å². The van der Waals surface area contributed by atoms with E-state index in [-0.39, 0.29) is 11.9 Å². The highest BCUT2D eigenvalue weighted by Crippen LogP contribution is 2.30. The first kappa shape index (κ1) is 22.2. The minimum Gasteiger partial charge on any atom is -0.493 e. The van der Waals surface area contributed by atoms with Crippen molar-refractivity contribution in [2.24, 2.45) is 0 Å². The third-order valence-electron chi connectivity index (χ3n) is 6.25. The minimum absolute atomic E-state index is 0.0839. The van der Waals surface area contributed by atoms with E-state index in [1.807, 2.05) is 57.4 Å². The number of carbonyl (C=O) groups excluding carboxylic acids is 1. The summed E-state index contributed by atoms with van der Waals surface area (Å²) < 4.78 is 5.82. The Hall–Kier alpha value is -3.05. The Morgan fingerprint density at radius 1 is 1.03 bits per heavy atom. The smallest absolute Gasteiger partial charge is 0.255 e. The van der Waals surface area contributed by atoms with E-state index in [1.54, 1.807) is 0 Å². The number of carbonyl (C=O) groups is 1. The van der Waals surface area contributed by atoms with Crippen molar-refractivity contribution in [2.45, 2.75) is 25.8 Å². The lowest BCUT2D eigenvalue weighted by Crippen LogP contribution is -2.37. The zero-order chi connectivity index (χ0) is 22.5. The normalized spacial score (nSPS) is 15.0. The highest BCUT2D eigenvalue weighted by molar-refractivity contribution is 6.09. The van der Waals surface area contributed by atoms with Gasteiger partial charge >= 0.3 is 0 Å². The summed E-state index contributed by atoms with van der Waals surface area (Å²) in [5, 5.41) is 5.19. The summed E-state index contributed by atoms with van der Waals surface area (Å²) in [6.45, 7) is 5.16. The molecule has 32 heavy (non-hydrogen) atoms. The number of anilines is 1. The molecule has 1 atom stereocenters. The first-order chi connectivity index (χ1) is 15.6. The van der Waals surface area contributed by atoms with Crippen LogP contribution in [0.5, 0.6) is 5.75 Å². The van der Waals surface area contributed by atoms with Gasteiger partial charge in [0.25, 0.3) is 5.91 Å². The van der Waals surface area contributed by atoms with Crippen molar-refractivity contribution in [2.75, 3.05) is 45.2 Å². The van der Waals surface area contributed by atoms with Gasteiger partial charge in [0.2, 0.25) is 0 Å². The molecule has 168 valence electrons. The first-order valence-corrected chi connectivity index (χ1v) is 11.5. The molecule has 1 unspecified atom stereocenters. The van der Waals surface area contributed by atoms with Crippen molar-refractivity contribution in [3.05, 3.63) is 71.8 Å². The Bertz CT molecular complexity index is 1060. The maximum absolute atomic E-state index is 13.4. The van der Waals surface area contributed by atoms with E-state index in [2.05, 4.69) is 39.4 Å². The highest BCUT2D eigenvalue weighted by Gasteiger charge is 2.25. The molecule has 0 aliphatic carbocycles. The number of amides is 1. The fourth-order valence-corrected chi connectivity index (χ4v) is 4.54. The van der Waals surface area contributed by atoms with E-state index in [0.29, 0.717) is 24.5 Å². The van der Waals surface area contributed by atoms with Gasteiger partial charge in [-0.25, -0.2) is 0 Å². The molecular formula is C27H33N3O2. The maximum Gasteiger partial charge on any atom is 0.255 e. The number of nitrogens with one attached hydrogen (secondary N) is 1. The number of rotatable bonds is 8. The first-order valence-electron chi connectivity index (χ1n) is 11.5. The summed E-state index contributed by atoms with van der Waals surface area (Å²) in [6, 6.07) is 20.7. The highest BCUT2D eigenvalue weighted by atomic mass is 16.5. The molecule has 3 aromatic carbocycles. The monoisotopic (exact) mass is 431 g/mol. The van der Waals surface area contributed by atoms with Crippen molar-refractivity contribution in [3.8, 4) is 5.75 Å². The summed E-state index contributed by atoms with van der Waals surface area (Å²) >= 11 is 0. The van der Waals surface area contributed by atoms with E-state index in [9.17, 15) is 4.79 Å². The number of ether oxygens (including phenoxy) is 1. The van der Waals surface area contributed by atoms with Crippen LogP contribution in [-0.2, 0) is 0 Å². The van der Waals surface area contributed by atoms with Crippen LogP contribution in [0, 0.1) is 0 Å². The third kappa shape index (κ3) is 4.73. The minimum atomic E-state index is -0.0839. The number of hydrogen-bond donors (Lipinski definition) is 1. The maximum atomic E-state index is 13.4. The number of hydrogen-bond acceptors (Lipinski definition) is 4. The van der Waals surface area contributed by atoms with Crippen LogP contribution in [0.15, 0.2) is 60.7 Å². The van der Waals surface area contributed by atoms with E-state index in [1.165, 1.54) is 24.1 Å². The van der Waals surface area contributed by atoms with Gasteiger partial charge in [0.15, 0.2) is 0 Å². The summed E-state index contributed by atoms with van der Waals surface area (Å²) in [4.78, 5) is 18.0. The standard InChI is InChI=1S/C27H33N3O2/c1-4-32-25-16-13-20-9-5-6-10-23(20)26(25)27(31)28-19-24(30-17-7-8-18-30)21-11-14-22(15-12-21)29(2)3/h5-6,9-16,24H,4,7-8,17-19H2,1-3H3,(H,28,31). The van der Waals surface area contributed by atoms with Crippen molar-refractivity contribution < 1.29 is 9.53 Å². The van der Waals surface area contributed by atoms with Crippen LogP contribution in [0.2, 0.25) is 0 Å². The average molecular weight is 432 g/mol. The summed E-state index contributed by atoms with van der Waals surface area (Å²) in [7, 11) is 4.10. The summed E-state index contributed by atoms with van der Waals surface area (Å²) in [5.74, 6) is 0.552. The second-order valence-electron chi connectivity index (χ2n) is 8.55. The molecule has 5 heteroatoms. The number of likely N-dealkylation sites (tertiary alicyclic amines) is 1. The Labute approximate surface area is 191 Å². The van der Waals surface area contributed by atoms with E-state index < -0.39 is 0 Å². The van der Waals surface area contributed by atoms with Crippen LogP contribution in [0.4, 0.5) is 5.69 Å². The lowest BCUT2D eigenvalue weighted by atomic mass is 10.0. The van der Waals surface area contributed by atoms with Crippen molar-refractivity contribution in [3.63, 3.8) is 0 Å². The molecule has 1 N–H and O–H groups in total. The zero-order valence-electron chi connectivity index (χ0n) is 19.3. The van der Waals surface area contributed by atoms with Crippen LogP contribution < -0.4 is 15.0 Å². The molecule has 0 bridgehead atoms. The molecule has 0 spiro atoms. The number of benzene rings is 3. The van der Waals surface area contributed by atoms with Crippen LogP contribution >= 0.6 is 0 Å². The van der Waals surface area contributed by atoms with Gasteiger partial charge in [-0.15, -0.1) is 0 Å². The second-order valence-corrected chi connectivity index (χ2v) is 8.55. The quantitative estimate of drug-likeness (QED) is 0.553. The lowest BCUT2D eigenvalue weighted by Gasteiger charge is -2.29. The predicted octanol–water partition coefficient (Wildman–Crippen LogP) is 4.87. The second kappa shape index (κ2) is 10.0. The molecular weight excluding hydrogens is 398 g/mol. The topological polar surface area (TPSA) is 44.8 Å². The van der Waals surface area contributed by atoms with E-state index in [0.717, 1.165) is 23.9 Å². The average Bonchev–Trinajstić information content (AvgIpc) is 3.34. The van der Waals surface area contributed by atoms with Crippen LogP contribution in [0.1, 0.15) is 41.7 Å². The zero-order valence-corrected chi connectivity index (χ0v) is 19.3. The van der Waals surface area contributed by atoms with Crippen molar-refractivity contribution in [1.29, 1.82) is 0 Å². The Balaban J connectivity index is 1.59. The molecule has 1 heterocycles. The molecule has 1 aliphatic heterocycles. The molecule has 1 fully saturated rings. The van der Waals surface area contributed by atoms with Gasteiger partial charge in [-0.2, -0.15) is 0 Å². The fraction of sp³-hybridized carbons (Fsp3) is 0.370. The Morgan fingerprint density at radius 2 is 1.75 bits per heavy atom. The molecule has 1 aliphatic rings. The van der Waals surface area contributed by atoms with Crippen LogP contribution in [0.3, 0.4) is 0 Å². The number of fused-ring (bicyclic) bond motifs is 1. The summed E-state index contributed by atoms with van der Waals surface area (Å²) in [5.41, 5.74) is 3.03. The van der Waals surface area contributed by atoms with Gasteiger partial charge in [-0.3, -0.25) is 9.69 Å². The molecule has 0 saturated carbocycles. The Morgan fingerprint density at radius 3 is 2.44 bits per heavy atom. The molecule has 5 nitrogen and oxygen atoms in total. The third-order valence-corrected chi connectivity index (χ3v) is 6.25. The fourth-order valence-electron chi connectivity index (χ4n) is 4.54. The molecule has 0 radical (unpaired) electrons. The van der Waals surface area contributed by atoms with Crippen LogP contribution in [0.25, 0.3) is 10.8 Å². The van der Waals surface area contributed by atoms with Gasteiger partial charge in [0, 0.05) is 26.3 Å². The largest absolute Gasteiger partial charge is 0.493 e. The molecule has 4 rings (SSSR count). The van der Waals surface area contributed by atoms with E-state index in [4.69, 9.17) is 4.74 Å². The van der Waals surface area contributed by atoms with E-state index >= 15 is 0 Å². The molecule has 1 saturated heterocycles. The predicted molar refractivity (Wildman–Crippen MR) is 132 cm³/mol. The Kier molecular flexibility index (Phi) is 6.96.